The quantitative estimate of drug-likeness (QED) is 0.175. The number of carboxylic acids is 1. The molecule has 0 spiro atoms. The second-order valence-corrected chi connectivity index (χ2v) is 11.9. The van der Waals surface area contributed by atoms with Crippen LogP contribution in [0.1, 0.15) is 22.1 Å². The van der Waals surface area contributed by atoms with E-state index < -0.39 is 56.3 Å². The van der Waals surface area contributed by atoms with E-state index in [1.54, 1.807) is 17.5 Å². The summed E-state index contributed by atoms with van der Waals surface area (Å²) in [5.41, 5.74) is -0.0884. The molecule has 0 aliphatic carbocycles. The van der Waals surface area contributed by atoms with Gasteiger partial charge in [0.1, 0.15) is 17.1 Å². The number of carbonyl (C=O) groups excluding carboxylic acids is 2. The van der Waals surface area contributed by atoms with E-state index in [-0.39, 0.29) is 29.4 Å². The van der Waals surface area contributed by atoms with Crippen LogP contribution in [-0.4, -0.2) is 84.4 Å². The van der Waals surface area contributed by atoms with E-state index in [1.165, 1.54) is 23.1 Å². The number of sulfonamides is 1. The monoisotopic (exact) mass is 561 g/mol. The van der Waals surface area contributed by atoms with E-state index >= 15 is 0 Å². The van der Waals surface area contributed by atoms with Crippen molar-refractivity contribution in [3.05, 3.63) is 39.5 Å². The average Bonchev–Trinajstić information content (AvgIpc) is 3.50. The number of aliphatic hydroxyl groups excluding tert-OH is 1. The summed E-state index contributed by atoms with van der Waals surface area (Å²) < 4.78 is 23.7. The highest BCUT2D eigenvalue weighted by molar-refractivity contribution is 8.00. The molecule has 5 N–H and O–H groups in total. The molecule has 4 heterocycles. The number of tetrazole rings is 1. The predicted molar refractivity (Wildman–Crippen MR) is 126 cm³/mol. The van der Waals surface area contributed by atoms with Gasteiger partial charge in [-0.25, -0.2) is 23.0 Å². The van der Waals surface area contributed by atoms with Gasteiger partial charge in [0.15, 0.2) is 11.9 Å². The van der Waals surface area contributed by atoms with Gasteiger partial charge >= 0.3 is 5.97 Å². The van der Waals surface area contributed by atoms with Gasteiger partial charge in [0.2, 0.25) is 10.0 Å². The predicted octanol–water partition coefficient (Wildman–Crippen LogP) is -1.53. The van der Waals surface area contributed by atoms with Gasteiger partial charge in [-0.15, -0.1) is 28.2 Å². The van der Waals surface area contributed by atoms with Crippen LogP contribution >= 0.6 is 35.7 Å². The lowest BCUT2D eigenvalue weighted by molar-refractivity contribution is -0.151. The summed E-state index contributed by atoms with van der Waals surface area (Å²) in [4.78, 5) is 38.9. The van der Waals surface area contributed by atoms with Crippen molar-refractivity contribution in [1.29, 1.82) is 0 Å². The summed E-state index contributed by atoms with van der Waals surface area (Å²) in [5, 5.41) is 38.7. The van der Waals surface area contributed by atoms with Crippen molar-refractivity contribution in [3.8, 4) is 0 Å². The van der Waals surface area contributed by atoms with E-state index in [0.29, 0.717) is 4.88 Å². The summed E-state index contributed by atoms with van der Waals surface area (Å²) in [5.74, 6) is -3.05. The number of thiol groups is 1. The first kappa shape index (κ1) is 25.6. The third kappa shape index (κ3) is 5.07. The number of nitrogens with zero attached hydrogens (tertiary/aromatic N) is 5. The van der Waals surface area contributed by atoms with Crippen molar-refractivity contribution >= 4 is 63.5 Å². The Labute approximate surface area is 212 Å². The minimum Gasteiger partial charge on any atom is -0.477 e. The molecule has 0 saturated carbocycles. The summed E-state index contributed by atoms with van der Waals surface area (Å²) in [6.07, 6.45) is -1.45. The number of aromatic nitrogens is 4. The van der Waals surface area contributed by atoms with Crippen molar-refractivity contribution in [2.75, 3.05) is 11.5 Å². The van der Waals surface area contributed by atoms with E-state index in [2.05, 4.69) is 33.5 Å². The van der Waals surface area contributed by atoms with Crippen molar-refractivity contribution in [1.82, 2.24) is 30.4 Å². The third-order valence-corrected chi connectivity index (χ3v) is 8.80. The largest absolute Gasteiger partial charge is 0.477 e. The molecule has 2 aromatic rings. The molecule has 35 heavy (non-hydrogen) atoms. The Balaban J connectivity index is 1.54. The lowest BCUT2D eigenvalue weighted by Gasteiger charge is -2.50. The zero-order valence-corrected chi connectivity index (χ0v) is 20.9. The Kier molecular flexibility index (Phi) is 7.21. The molecular formula is C17H19N7O7S4. The molecule has 2 aromatic heterocycles. The lowest BCUT2D eigenvalue weighted by atomic mass is 10.0. The number of nitrogens with one attached hydrogen (secondary N) is 1. The van der Waals surface area contributed by atoms with Gasteiger partial charge in [0, 0.05) is 10.6 Å². The van der Waals surface area contributed by atoms with Gasteiger partial charge < -0.3 is 15.5 Å². The van der Waals surface area contributed by atoms with Crippen LogP contribution < -0.4 is 10.5 Å². The van der Waals surface area contributed by atoms with E-state index in [0.717, 1.165) is 9.58 Å². The second-order valence-electron chi connectivity index (χ2n) is 7.52. The molecule has 4 atom stereocenters. The maximum atomic E-state index is 12.9. The standard InChI is InChI=1S/C17H19N7O7S4/c18-35(30,31)5-3-23-13(20-21-22-23)12(32)7-6-34-16-9(15(27)24(16)10(7)17(28)29)19-14(26)11(25)8-2-1-4-33-8/h1-2,4,9,11-12,16,25,32H,3,5-6H2,(H,19,26)(H,28,29)(H2,18,30,31). The highest BCUT2D eigenvalue weighted by Gasteiger charge is 2.55. The summed E-state index contributed by atoms with van der Waals surface area (Å²) in [6, 6.07) is 2.24. The first-order valence-electron chi connectivity index (χ1n) is 9.87. The highest BCUT2D eigenvalue weighted by atomic mass is 32.2. The number of aliphatic hydroxyl groups is 1. The summed E-state index contributed by atoms with van der Waals surface area (Å²) in [6.45, 7) is -0.174. The van der Waals surface area contributed by atoms with Crippen LogP contribution in [0.15, 0.2) is 28.8 Å². The number of carbonyl (C=O) groups is 3. The molecule has 0 radical (unpaired) electrons. The summed E-state index contributed by atoms with van der Waals surface area (Å²) >= 11 is 6.85. The molecule has 4 rings (SSSR count). The number of rotatable bonds is 9. The van der Waals surface area contributed by atoms with Crippen molar-refractivity contribution < 1.29 is 33.0 Å². The third-order valence-electron chi connectivity index (χ3n) is 5.28. The number of β-lactam (4-membered cyclic amide) rings is 1. The number of thioether (sulfide) groups is 1. The van der Waals surface area contributed by atoms with Gasteiger partial charge in [-0.2, -0.15) is 12.6 Å². The van der Waals surface area contributed by atoms with Gasteiger partial charge in [-0.05, 0) is 27.4 Å². The smallest absolute Gasteiger partial charge is 0.352 e. The van der Waals surface area contributed by atoms with E-state index in [9.17, 15) is 33.0 Å². The second kappa shape index (κ2) is 9.86. The number of amides is 2. The maximum absolute atomic E-state index is 12.9. The van der Waals surface area contributed by atoms with Crippen molar-refractivity contribution in [3.63, 3.8) is 0 Å². The number of primary sulfonamides is 1. The Bertz CT molecular complexity index is 1290. The Morgan fingerprint density at radius 1 is 1.40 bits per heavy atom. The molecule has 0 bridgehead atoms. The summed E-state index contributed by atoms with van der Waals surface area (Å²) in [7, 11) is -3.80. The number of aliphatic carboxylic acids is 1. The highest BCUT2D eigenvalue weighted by Crippen LogP contribution is 2.45. The Hall–Kier alpha value is -2.51. The maximum Gasteiger partial charge on any atom is 0.352 e. The minimum atomic E-state index is -3.80. The Morgan fingerprint density at radius 3 is 2.77 bits per heavy atom. The number of fused-ring (bicyclic) bond motifs is 1. The first-order chi connectivity index (χ1) is 16.5. The van der Waals surface area contributed by atoms with Crippen LogP contribution in [0, 0.1) is 0 Å². The van der Waals surface area contributed by atoms with Crippen LogP contribution in [0.3, 0.4) is 0 Å². The van der Waals surface area contributed by atoms with E-state index in [1.807, 2.05) is 0 Å². The van der Waals surface area contributed by atoms with Crippen LogP contribution in [0.2, 0.25) is 0 Å². The van der Waals surface area contributed by atoms with Gasteiger partial charge in [0.05, 0.1) is 17.5 Å². The number of thiophene rings is 1. The number of aryl methyl sites for hydroxylation is 1. The fourth-order valence-corrected chi connectivity index (χ4v) is 6.64. The molecule has 1 saturated heterocycles. The van der Waals surface area contributed by atoms with Crippen molar-refractivity contribution in [2.45, 2.75) is 29.3 Å². The lowest BCUT2D eigenvalue weighted by Crippen LogP contribution is -2.71. The minimum absolute atomic E-state index is 0.0849. The molecule has 2 aliphatic rings. The molecule has 2 amide bonds. The fourth-order valence-electron chi connectivity index (χ4n) is 3.60. The van der Waals surface area contributed by atoms with Crippen molar-refractivity contribution in [2.24, 2.45) is 5.14 Å². The normalized spacial score (nSPS) is 21.8. The number of hydrogen-bond acceptors (Lipinski definition) is 12. The zero-order valence-electron chi connectivity index (χ0n) is 17.6. The number of nitrogens with two attached hydrogens (primary N) is 1. The molecular weight excluding hydrogens is 542 g/mol. The zero-order chi connectivity index (χ0) is 25.5. The first-order valence-corrected chi connectivity index (χ1v) is 14.0. The van der Waals surface area contributed by atoms with Crippen LogP contribution in [0.25, 0.3) is 0 Å². The van der Waals surface area contributed by atoms with Gasteiger partial charge in [-0.3, -0.25) is 14.5 Å². The fraction of sp³-hybridized carbons (Fsp3) is 0.412. The van der Waals surface area contributed by atoms with E-state index in [4.69, 9.17) is 5.14 Å². The van der Waals surface area contributed by atoms with Crippen LogP contribution in [0.5, 0.6) is 0 Å². The molecule has 18 heteroatoms. The molecule has 4 unspecified atom stereocenters. The molecule has 0 aromatic carbocycles. The van der Waals surface area contributed by atoms with Gasteiger partial charge in [0.25, 0.3) is 11.8 Å². The Morgan fingerprint density at radius 2 is 2.14 bits per heavy atom. The molecule has 1 fully saturated rings. The average molecular weight is 562 g/mol. The number of carboxylic acid groups (broad SMARTS) is 1. The topological polar surface area (TPSA) is 211 Å². The molecule has 188 valence electrons. The molecule has 2 aliphatic heterocycles. The number of hydrogen-bond donors (Lipinski definition) is 5. The molecule has 14 nitrogen and oxygen atoms in total. The SMILES string of the molecule is NS(=O)(=O)CCn1nnnc1C(S)C1=C(C(=O)O)N2C(=O)C(NC(=O)C(O)c3cccs3)C2SC1. The van der Waals surface area contributed by atoms with Crippen LogP contribution in [-0.2, 0) is 31.0 Å². The van der Waals surface area contributed by atoms with Crippen LogP contribution in [0.4, 0.5) is 0 Å². The van der Waals surface area contributed by atoms with Gasteiger partial charge in [-0.1, -0.05) is 6.07 Å².